The van der Waals surface area contributed by atoms with Crippen molar-refractivity contribution in [3.63, 3.8) is 0 Å². The Kier molecular flexibility index (Phi) is 6.06. The number of anilines is 1. The van der Waals surface area contributed by atoms with Gasteiger partial charge >= 0.3 is 0 Å². The van der Waals surface area contributed by atoms with E-state index in [1.54, 1.807) is 12.1 Å². The molecule has 1 N–H and O–H groups in total. The molecule has 2 heterocycles. The molecule has 1 unspecified atom stereocenters. The fourth-order valence-corrected chi connectivity index (χ4v) is 4.53. The van der Waals surface area contributed by atoms with Crippen LogP contribution in [0.2, 0.25) is 0 Å². The van der Waals surface area contributed by atoms with Crippen molar-refractivity contribution in [3.05, 3.63) is 81.3 Å². The lowest BCUT2D eigenvalue weighted by Gasteiger charge is -2.25. The molecular weight excluding hydrogens is 450 g/mol. The zero-order chi connectivity index (χ0) is 20.2. The van der Waals surface area contributed by atoms with Crippen molar-refractivity contribution in [1.29, 1.82) is 0 Å². The molecule has 7 heteroatoms. The Morgan fingerprint density at radius 2 is 1.90 bits per heavy atom. The zero-order valence-electron chi connectivity index (χ0n) is 15.7. The third kappa shape index (κ3) is 4.74. The topological polar surface area (TPSA) is 62.3 Å². The van der Waals surface area contributed by atoms with Gasteiger partial charge in [0.2, 0.25) is 5.91 Å². The van der Waals surface area contributed by atoms with E-state index in [1.165, 1.54) is 11.3 Å². The summed E-state index contributed by atoms with van der Waals surface area (Å²) >= 11 is 4.80. The van der Waals surface area contributed by atoms with Crippen molar-refractivity contribution in [2.45, 2.75) is 25.3 Å². The molecule has 1 saturated heterocycles. The number of benzene rings is 2. The Morgan fingerprint density at radius 3 is 2.66 bits per heavy atom. The van der Waals surface area contributed by atoms with E-state index in [0.717, 1.165) is 29.4 Å². The number of nitrogens with one attached hydrogen (secondary N) is 1. The van der Waals surface area contributed by atoms with E-state index in [4.69, 9.17) is 0 Å². The molecule has 4 rings (SSSR count). The summed E-state index contributed by atoms with van der Waals surface area (Å²) in [5.74, 6) is -0.130. The third-order valence-electron chi connectivity index (χ3n) is 4.97. The Bertz CT molecular complexity index is 1000. The molecule has 0 spiro atoms. The average Bonchev–Trinajstić information content (AvgIpc) is 3.39. The fourth-order valence-electron chi connectivity index (χ4n) is 3.56. The third-order valence-corrected chi connectivity index (χ3v) is 6.30. The highest BCUT2D eigenvalue weighted by molar-refractivity contribution is 9.10. The highest BCUT2D eigenvalue weighted by Gasteiger charge is 2.30. The van der Waals surface area contributed by atoms with E-state index >= 15 is 0 Å². The monoisotopic (exact) mass is 469 g/mol. The lowest BCUT2D eigenvalue weighted by molar-refractivity contribution is -0.131. The van der Waals surface area contributed by atoms with Crippen LogP contribution in [0.25, 0.3) is 0 Å². The van der Waals surface area contributed by atoms with Crippen LogP contribution < -0.4 is 5.32 Å². The predicted octanol–water partition coefficient (Wildman–Crippen LogP) is 5.06. The standard InChI is InChI=1S/C22H20BrN3O2S/c23-17-10-8-15(9-11-17)19-7-4-12-26(19)20(27)13-18-14-29-22(24-18)25-21(28)16-5-2-1-3-6-16/h1-3,5-6,8-11,14,19H,4,7,12-13H2,(H,24,25,28). The molecule has 2 amide bonds. The maximum Gasteiger partial charge on any atom is 0.257 e. The smallest absolute Gasteiger partial charge is 0.257 e. The number of likely N-dealkylation sites (tertiary alicyclic amines) is 1. The van der Waals surface area contributed by atoms with Gasteiger partial charge in [-0.1, -0.05) is 46.3 Å². The lowest BCUT2D eigenvalue weighted by atomic mass is 10.0. The van der Waals surface area contributed by atoms with Gasteiger partial charge in [-0.15, -0.1) is 11.3 Å². The highest BCUT2D eigenvalue weighted by Crippen LogP contribution is 2.33. The number of rotatable bonds is 5. The molecule has 0 saturated carbocycles. The summed E-state index contributed by atoms with van der Waals surface area (Å²) in [5, 5.41) is 5.14. The van der Waals surface area contributed by atoms with Crippen molar-refractivity contribution >= 4 is 44.2 Å². The maximum absolute atomic E-state index is 12.9. The van der Waals surface area contributed by atoms with E-state index in [0.29, 0.717) is 16.4 Å². The van der Waals surface area contributed by atoms with Gasteiger partial charge in [0.25, 0.3) is 5.91 Å². The first kappa shape index (κ1) is 19.8. The summed E-state index contributed by atoms with van der Waals surface area (Å²) in [4.78, 5) is 31.5. The molecule has 29 heavy (non-hydrogen) atoms. The summed E-state index contributed by atoms with van der Waals surface area (Å²) in [6.07, 6.45) is 2.22. The van der Waals surface area contributed by atoms with E-state index < -0.39 is 0 Å². The van der Waals surface area contributed by atoms with Gasteiger partial charge in [-0.25, -0.2) is 4.98 Å². The largest absolute Gasteiger partial charge is 0.335 e. The van der Waals surface area contributed by atoms with Crippen LogP contribution in [0.15, 0.2) is 64.5 Å². The second-order valence-electron chi connectivity index (χ2n) is 6.94. The SMILES string of the molecule is O=C(Nc1nc(CC(=O)N2CCCC2c2ccc(Br)cc2)cs1)c1ccccc1. The van der Waals surface area contributed by atoms with Crippen LogP contribution in [0.1, 0.15) is 40.5 Å². The molecule has 1 aliphatic heterocycles. The number of amides is 2. The first-order valence-electron chi connectivity index (χ1n) is 9.46. The summed E-state index contributed by atoms with van der Waals surface area (Å²) in [5.41, 5.74) is 2.42. The first-order valence-corrected chi connectivity index (χ1v) is 11.1. The fraction of sp³-hybridized carbons (Fsp3) is 0.227. The first-order chi connectivity index (χ1) is 14.1. The van der Waals surface area contributed by atoms with Crippen LogP contribution in [0, 0.1) is 0 Å². The Labute approximate surface area is 181 Å². The number of hydrogen-bond donors (Lipinski definition) is 1. The quantitative estimate of drug-likeness (QED) is 0.567. The molecule has 1 fully saturated rings. The second-order valence-corrected chi connectivity index (χ2v) is 8.71. The molecule has 2 aromatic carbocycles. The molecular formula is C22H20BrN3O2S. The molecule has 1 aromatic heterocycles. The van der Waals surface area contributed by atoms with Crippen LogP contribution in [-0.2, 0) is 11.2 Å². The van der Waals surface area contributed by atoms with Gasteiger partial charge in [0.1, 0.15) is 0 Å². The predicted molar refractivity (Wildman–Crippen MR) is 118 cm³/mol. The number of thiazole rings is 1. The zero-order valence-corrected chi connectivity index (χ0v) is 18.1. The molecule has 148 valence electrons. The minimum Gasteiger partial charge on any atom is -0.335 e. The van der Waals surface area contributed by atoms with E-state index in [9.17, 15) is 9.59 Å². The maximum atomic E-state index is 12.9. The molecule has 5 nitrogen and oxygen atoms in total. The van der Waals surface area contributed by atoms with Gasteiger partial charge in [0, 0.05) is 22.0 Å². The minimum atomic E-state index is -0.201. The van der Waals surface area contributed by atoms with Crippen LogP contribution in [0.5, 0.6) is 0 Å². The van der Waals surface area contributed by atoms with Crippen LogP contribution in [0.4, 0.5) is 5.13 Å². The lowest BCUT2D eigenvalue weighted by Crippen LogP contribution is -2.31. The van der Waals surface area contributed by atoms with Crippen molar-refractivity contribution in [2.24, 2.45) is 0 Å². The van der Waals surface area contributed by atoms with Gasteiger partial charge in [-0.3, -0.25) is 14.9 Å². The Morgan fingerprint density at radius 1 is 1.14 bits per heavy atom. The highest BCUT2D eigenvalue weighted by atomic mass is 79.9. The van der Waals surface area contributed by atoms with Gasteiger partial charge in [-0.2, -0.15) is 0 Å². The van der Waals surface area contributed by atoms with Gasteiger partial charge in [0.15, 0.2) is 5.13 Å². The number of nitrogens with zero attached hydrogens (tertiary/aromatic N) is 2. The summed E-state index contributed by atoms with van der Waals surface area (Å²) in [7, 11) is 0. The molecule has 1 aliphatic rings. The van der Waals surface area contributed by atoms with Crippen molar-refractivity contribution in [3.8, 4) is 0 Å². The number of aromatic nitrogens is 1. The second kappa shape index (κ2) is 8.88. The number of hydrogen-bond acceptors (Lipinski definition) is 4. The summed E-state index contributed by atoms with van der Waals surface area (Å²) < 4.78 is 1.03. The average molecular weight is 470 g/mol. The van der Waals surface area contributed by atoms with Crippen molar-refractivity contribution < 1.29 is 9.59 Å². The van der Waals surface area contributed by atoms with E-state index in [-0.39, 0.29) is 24.3 Å². The Balaban J connectivity index is 1.40. The van der Waals surface area contributed by atoms with E-state index in [2.05, 4.69) is 38.4 Å². The molecule has 0 bridgehead atoms. The van der Waals surface area contributed by atoms with Gasteiger partial charge in [0.05, 0.1) is 18.2 Å². The Hall–Kier alpha value is -2.51. The number of carbonyl (C=O) groups is 2. The van der Waals surface area contributed by atoms with Gasteiger partial charge in [-0.05, 0) is 42.7 Å². The van der Waals surface area contributed by atoms with Gasteiger partial charge < -0.3 is 4.90 Å². The van der Waals surface area contributed by atoms with Crippen LogP contribution in [0.3, 0.4) is 0 Å². The minimum absolute atomic E-state index is 0.0710. The van der Waals surface area contributed by atoms with Crippen molar-refractivity contribution in [2.75, 3.05) is 11.9 Å². The number of carbonyl (C=O) groups excluding carboxylic acids is 2. The van der Waals surface area contributed by atoms with Crippen LogP contribution in [-0.4, -0.2) is 28.2 Å². The summed E-state index contributed by atoms with van der Waals surface area (Å²) in [6.45, 7) is 0.765. The van der Waals surface area contributed by atoms with E-state index in [1.807, 2.05) is 40.6 Å². The van der Waals surface area contributed by atoms with Crippen LogP contribution >= 0.6 is 27.3 Å². The number of halogens is 1. The molecule has 0 aliphatic carbocycles. The normalized spacial score (nSPS) is 16.0. The summed E-state index contributed by atoms with van der Waals surface area (Å²) in [6, 6.07) is 17.3. The molecule has 1 atom stereocenters. The molecule has 0 radical (unpaired) electrons. The molecule has 3 aromatic rings. The van der Waals surface area contributed by atoms with Crippen molar-refractivity contribution in [1.82, 2.24) is 9.88 Å².